The van der Waals surface area contributed by atoms with Crippen molar-refractivity contribution in [3.8, 4) is 5.75 Å². The molecule has 0 heterocycles. The van der Waals surface area contributed by atoms with Crippen molar-refractivity contribution in [2.45, 2.75) is 52.6 Å². The minimum absolute atomic E-state index is 0.263. The second kappa shape index (κ2) is 8.15. The van der Waals surface area contributed by atoms with Crippen molar-refractivity contribution in [2.24, 2.45) is 0 Å². The molecule has 2 nitrogen and oxygen atoms in total. The maximum absolute atomic E-state index is 5.89. The van der Waals surface area contributed by atoms with Crippen molar-refractivity contribution in [1.29, 1.82) is 0 Å². The highest BCUT2D eigenvalue weighted by molar-refractivity contribution is 5.29. The van der Waals surface area contributed by atoms with Crippen LogP contribution < -0.4 is 10.1 Å². The van der Waals surface area contributed by atoms with Crippen molar-refractivity contribution < 1.29 is 4.74 Å². The number of ether oxygens (including phenoxy) is 1. The van der Waals surface area contributed by atoms with Crippen molar-refractivity contribution in [2.75, 3.05) is 13.1 Å². The number of benzene rings is 1. The Morgan fingerprint density at radius 1 is 1.06 bits per heavy atom. The molecule has 0 saturated carbocycles. The molecule has 0 aliphatic carbocycles. The largest absolute Gasteiger partial charge is 0.491 e. The highest BCUT2D eigenvalue weighted by atomic mass is 16.5. The van der Waals surface area contributed by atoms with Gasteiger partial charge in [-0.2, -0.15) is 0 Å². The van der Waals surface area contributed by atoms with Gasteiger partial charge in [0.25, 0.3) is 0 Å². The standard InChI is InChI=1S/C16H27NO/c1-5-11-17-12-10-14(4)18-16-8-6-15(7-9-16)13(2)3/h6-9,13-14,17H,5,10-12H2,1-4H3. The maximum Gasteiger partial charge on any atom is 0.119 e. The average Bonchev–Trinajstić information content (AvgIpc) is 2.35. The number of hydrogen-bond donors (Lipinski definition) is 1. The van der Waals surface area contributed by atoms with E-state index in [0.717, 1.165) is 25.3 Å². The molecule has 102 valence electrons. The lowest BCUT2D eigenvalue weighted by Crippen LogP contribution is -2.22. The van der Waals surface area contributed by atoms with Crippen LogP contribution in [0.2, 0.25) is 0 Å². The Bertz CT molecular complexity index is 318. The summed E-state index contributed by atoms with van der Waals surface area (Å²) in [6.45, 7) is 10.8. The van der Waals surface area contributed by atoms with E-state index in [4.69, 9.17) is 4.74 Å². The van der Waals surface area contributed by atoms with Gasteiger partial charge in [-0.15, -0.1) is 0 Å². The van der Waals surface area contributed by atoms with Crippen LogP contribution in [-0.4, -0.2) is 19.2 Å². The average molecular weight is 249 g/mol. The molecule has 0 radical (unpaired) electrons. The van der Waals surface area contributed by atoms with E-state index < -0.39 is 0 Å². The van der Waals surface area contributed by atoms with Crippen LogP contribution in [0.3, 0.4) is 0 Å². The molecule has 0 aliphatic rings. The lowest BCUT2D eigenvalue weighted by Gasteiger charge is -2.15. The van der Waals surface area contributed by atoms with Gasteiger partial charge in [-0.3, -0.25) is 0 Å². The number of rotatable bonds is 8. The fourth-order valence-corrected chi connectivity index (χ4v) is 1.83. The van der Waals surface area contributed by atoms with Crippen LogP contribution in [0.4, 0.5) is 0 Å². The van der Waals surface area contributed by atoms with E-state index in [1.807, 2.05) is 0 Å². The zero-order valence-electron chi connectivity index (χ0n) is 12.2. The first kappa shape index (κ1) is 15.0. The van der Waals surface area contributed by atoms with Crippen LogP contribution >= 0.6 is 0 Å². The molecule has 0 amide bonds. The summed E-state index contributed by atoms with van der Waals surface area (Å²) in [6, 6.07) is 8.46. The van der Waals surface area contributed by atoms with Crippen LogP contribution in [0.5, 0.6) is 5.75 Å². The van der Waals surface area contributed by atoms with E-state index in [9.17, 15) is 0 Å². The summed E-state index contributed by atoms with van der Waals surface area (Å²) in [5.74, 6) is 1.55. The molecule has 0 spiro atoms. The van der Waals surface area contributed by atoms with Gasteiger partial charge >= 0.3 is 0 Å². The summed E-state index contributed by atoms with van der Waals surface area (Å²) in [5.41, 5.74) is 1.36. The van der Waals surface area contributed by atoms with E-state index in [-0.39, 0.29) is 6.10 Å². The lowest BCUT2D eigenvalue weighted by molar-refractivity contribution is 0.210. The van der Waals surface area contributed by atoms with Gasteiger partial charge in [0.1, 0.15) is 5.75 Å². The molecule has 0 aliphatic heterocycles. The van der Waals surface area contributed by atoms with Gasteiger partial charge in [-0.1, -0.05) is 32.9 Å². The predicted octanol–water partition coefficient (Wildman–Crippen LogP) is 3.97. The van der Waals surface area contributed by atoms with Gasteiger partial charge in [0.2, 0.25) is 0 Å². The molecular formula is C16H27NO. The van der Waals surface area contributed by atoms with Gasteiger partial charge < -0.3 is 10.1 Å². The molecule has 0 bridgehead atoms. The summed E-state index contributed by atoms with van der Waals surface area (Å²) in [4.78, 5) is 0. The Labute approximate surface area is 112 Å². The summed E-state index contributed by atoms with van der Waals surface area (Å²) in [5, 5.41) is 3.40. The van der Waals surface area contributed by atoms with E-state index in [2.05, 4.69) is 57.3 Å². The van der Waals surface area contributed by atoms with Crippen LogP contribution in [-0.2, 0) is 0 Å². The second-order valence-corrected chi connectivity index (χ2v) is 5.19. The van der Waals surface area contributed by atoms with Gasteiger partial charge in [-0.25, -0.2) is 0 Å². The Balaban J connectivity index is 2.32. The van der Waals surface area contributed by atoms with Crippen LogP contribution in [0.1, 0.15) is 52.0 Å². The van der Waals surface area contributed by atoms with Gasteiger partial charge in [0.05, 0.1) is 6.10 Å². The predicted molar refractivity (Wildman–Crippen MR) is 78.4 cm³/mol. The highest BCUT2D eigenvalue weighted by Crippen LogP contribution is 2.19. The fraction of sp³-hybridized carbons (Fsp3) is 0.625. The zero-order valence-corrected chi connectivity index (χ0v) is 12.2. The summed E-state index contributed by atoms with van der Waals surface area (Å²) in [7, 11) is 0. The smallest absolute Gasteiger partial charge is 0.119 e. The van der Waals surface area contributed by atoms with Crippen molar-refractivity contribution in [3.63, 3.8) is 0 Å². The first-order chi connectivity index (χ1) is 8.63. The summed E-state index contributed by atoms with van der Waals surface area (Å²) >= 11 is 0. The van der Waals surface area contributed by atoms with Crippen LogP contribution in [0.15, 0.2) is 24.3 Å². The quantitative estimate of drug-likeness (QED) is 0.704. The van der Waals surface area contributed by atoms with Crippen LogP contribution in [0, 0.1) is 0 Å². The molecule has 1 atom stereocenters. The molecule has 1 N–H and O–H groups in total. The van der Waals surface area contributed by atoms with E-state index in [1.165, 1.54) is 12.0 Å². The number of nitrogens with one attached hydrogen (secondary N) is 1. The van der Waals surface area contributed by atoms with E-state index >= 15 is 0 Å². The van der Waals surface area contributed by atoms with E-state index in [1.54, 1.807) is 0 Å². The monoisotopic (exact) mass is 249 g/mol. The highest BCUT2D eigenvalue weighted by Gasteiger charge is 2.04. The first-order valence-electron chi connectivity index (χ1n) is 7.10. The topological polar surface area (TPSA) is 21.3 Å². The van der Waals surface area contributed by atoms with Crippen LogP contribution in [0.25, 0.3) is 0 Å². The van der Waals surface area contributed by atoms with Gasteiger partial charge in [-0.05, 0) is 56.5 Å². The molecule has 2 heteroatoms. The Kier molecular flexibility index (Phi) is 6.81. The lowest BCUT2D eigenvalue weighted by atomic mass is 10.0. The summed E-state index contributed by atoms with van der Waals surface area (Å²) in [6.07, 6.45) is 2.50. The number of hydrogen-bond acceptors (Lipinski definition) is 2. The molecule has 0 saturated heterocycles. The molecule has 1 unspecified atom stereocenters. The van der Waals surface area contributed by atoms with Crippen molar-refractivity contribution in [3.05, 3.63) is 29.8 Å². The maximum atomic E-state index is 5.89. The molecule has 1 rings (SSSR count). The van der Waals surface area contributed by atoms with Crippen molar-refractivity contribution >= 4 is 0 Å². The van der Waals surface area contributed by atoms with E-state index in [0.29, 0.717) is 5.92 Å². The third-order valence-corrected chi connectivity index (χ3v) is 3.04. The van der Waals surface area contributed by atoms with Gasteiger partial charge in [0.15, 0.2) is 0 Å². The Hall–Kier alpha value is -1.02. The third kappa shape index (κ3) is 5.54. The fourth-order valence-electron chi connectivity index (χ4n) is 1.83. The molecule has 18 heavy (non-hydrogen) atoms. The minimum atomic E-state index is 0.263. The molecule has 1 aromatic rings. The first-order valence-corrected chi connectivity index (χ1v) is 7.10. The van der Waals surface area contributed by atoms with Crippen molar-refractivity contribution in [1.82, 2.24) is 5.32 Å². The normalized spacial score (nSPS) is 12.7. The Morgan fingerprint density at radius 2 is 1.72 bits per heavy atom. The molecule has 0 aromatic heterocycles. The summed E-state index contributed by atoms with van der Waals surface area (Å²) < 4.78 is 5.89. The molecule has 0 fully saturated rings. The SMILES string of the molecule is CCCNCCC(C)Oc1ccc(C(C)C)cc1. The molecular weight excluding hydrogens is 222 g/mol. The molecule has 1 aromatic carbocycles. The Morgan fingerprint density at radius 3 is 2.28 bits per heavy atom. The second-order valence-electron chi connectivity index (χ2n) is 5.19. The minimum Gasteiger partial charge on any atom is -0.491 e. The van der Waals surface area contributed by atoms with Gasteiger partial charge in [0, 0.05) is 0 Å². The zero-order chi connectivity index (χ0) is 13.4. The third-order valence-electron chi connectivity index (χ3n) is 3.04.